The van der Waals surface area contributed by atoms with Crippen LogP contribution in [0.3, 0.4) is 0 Å². The largest absolute Gasteiger partial charge is 0.441 e. The summed E-state index contributed by atoms with van der Waals surface area (Å²) in [5.41, 5.74) is 3.67. The highest BCUT2D eigenvalue weighted by molar-refractivity contribution is 9.10. The van der Waals surface area contributed by atoms with Gasteiger partial charge in [0, 0.05) is 23.3 Å². The Balaban J connectivity index is 1.75. The zero-order valence-corrected chi connectivity index (χ0v) is 11.9. The van der Waals surface area contributed by atoms with Gasteiger partial charge in [0.2, 0.25) is 0 Å². The number of nitrogens with one attached hydrogen (secondary N) is 1. The molecule has 0 atom stereocenters. The molecule has 0 aliphatic rings. The highest BCUT2D eigenvalue weighted by Gasteiger charge is 2.03. The predicted octanol–water partition coefficient (Wildman–Crippen LogP) is 3.91. The van der Waals surface area contributed by atoms with E-state index in [1.165, 1.54) is 0 Å². The van der Waals surface area contributed by atoms with Crippen LogP contribution in [-0.2, 0) is 6.54 Å². The fourth-order valence-corrected chi connectivity index (χ4v) is 2.09. The van der Waals surface area contributed by atoms with E-state index in [1.54, 1.807) is 6.20 Å². The number of hydrogen-bond acceptors (Lipinski definition) is 4. The number of benzene rings is 1. The third kappa shape index (κ3) is 2.76. The topological polar surface area (TPSA) is 51.0 Å². The first-order valence-corrected chi connectivity index (χ1v) is 6.71. The van der Waals surface area contributed by atoms with Crippen LogP contribution in [-0.4, -0.2) is 9.97 Å². The number of anilines is 1. The Morgan fingerprint density at radius 3 is 2.95 bits per heavy atom. The van der Waals surface area contributed by atoms with Crippen molar-refractivity contribution in [3.05, 3.63) is 52.6 Å². The summed E-state index contributed by atoms with van der Waals surface area (Å²) in [6.45, 7) is 2.52. The smallest absolute Gasteiger partial charge is 0.192 e. The standard InChI is InChI=1S/C14H12BrN3O/c1-9-18-13-6-11(4-5-14(13)19-9)17-8-12-3-2-10(15)7-16-12/h2-7,17H,8H2,1H3. The zero-order chi connectivity index (χ0) is 13.2. The van der Waals surface area contributed by atoms with Gasteiger partial charge in [0.15, 0.2) is 11.5 Å². The van der Waals surface area contributed by atoms with Gasteiger partial charge in [-0.05, 0) is 46.3 Å². The summed E-state index contributed by atoms with van der Waals surface area (Å²) >= 11 is 3.37. The maximum Gasteiger partial charge on any atom is 0.192 e. The molecule has 0 amide bonds. The quantitative estimate of drug-likeness (QED) is 0.795. The van der Waals surface area contributed by atoms with E-state index >= 15 is 0 Å². The van der Waals surface area contributed by atoms with Gasteiger partial charge in [-0.2, -0.15) is 0 Å². The van der Waals surface area contributed by atoms with Gasteiger partial charge < -0.3 is 9.73 Å². The fraction of sp³-hybridized carbons (Fsp3) is 0.143. The first kappa shape index (κ1) is 12.2. The number of aromatic nitrogens is 2. The molecule has 3 aromatic rings. The SMILES string of the molecule is Cc1nc2cc(NCc3ccc(Br)cn3)ccc2o1. The summed E-state index contributed by atoms with van der Waals surface area (Å²) in [5.74, 6) is 0.682. The molecular formula is C14H12BrN3O. The Hall–Kier alpha value is -1.88. The molecule has 1 aromatic carbocycles. The van der Waals surface area contributed by atoms with Crippen molar-refractivity contribution in [3.63, 3.8) is 0 Å². The van der Waals surface area contributed by atoms with Crippen molar-refractivity contribution in [1.29, 1.82) is 0 Å². The Morgan fingerprint density at radius 2 is 2.16 bits per heavy atom. The third-order valence-electron chi connectivity index (χ3n) is 2.76. The number of pyridine rings is 1. The highest BCUT2D eigenvalue weighted by atomic mass is 79.9. The van der Waals surface area contributed by atoms with E-state index in [0.717, 1.165) is 27.0 Å². The predicted molar refractivity (Wildman–Crippen MR) is 78.0 cm³/mol. The van der Waals surface area contributed by atoms with E-state index < -0.39 is 0 Å². The average molecular weight is 318 g/mol. The van der Waals surface area contributed by atoms with Crippen molar-refractivity contribution >= 4 is 32.7 Å². The lowest BCUT2D eigenvalue weighted by Crippen LogP contribution is -2.01. The molecule has 3 rings (SSSR count). The molecule has 0 fully saturated rings. The van der Waals surface area contributed by atoms with Gasteiger partial charge in [0.1, 0.15) is 5.52 Å². The average Bonchev–Trinajstić information content (AvgIpc) is 2.77. The van der Waals surface area contributed by atoms with E-state index in [9.17, 15) is 0 Å². The van der Waals surface area contributed by atoms with Crippen LogP contribution >= 0.6 is 15.9 Å². The number of fused-ring (bicyclic) bond motifs is 1. The molecule has 0 saturated carbocycles. The maximum atomic E-state index is 5.44. The fourth-order valence-electron chi connectivity index (χ4n) is 1.86. The van der Waals surface area contributed by atoms with Crippen LogP contribution in [0.2, 0.25) is 0 Å². The van der Waals surface area contributed by atoms with Gasteiger partial charge in [0.25, 0.3) is 0 Å². The number of oxazole rings is 1. The molecule has 0 bridgehead atoms. The summed E-state index contributed by atoms with van der Waals surface area (Å²) in [4.78, 5) is 8.63. The molecule has 0 saturated heterocycles. The van der Waals surface area contributed by atoms with E-state index in [4.69, 9.17) is 4.42 Å². The van der Waals surface area contributed by atoms with Gasteiger partial charge in [-0.3, -0.25) is 4.98 Å². The van der Waals surface area contributed by atoms with Gasteiger partial charge >= 0.3 is 0 Å². The Morgan fingerprint density at radius 1 is 1.26 bits per heavy atom. The van der Waals surface area contributed by atoms with Crippen molar-refractivity contribution in [2.75, 3.05) is 5.32 Å². The van der Waals surface area contributed by atoms with E-state index in [1.807, 2.05) is 37.3 Å². The molecule has 5 heteroatoms. The molecule has 19 heavy (non-hydrogen) atoms. The van der Waals surface area contributed by atoms with E-state index in [0.29, 0.717) is 12.4 Å². The molecule has 0 aliphatic heterocycles. The van der Waals surface area contributed by atoms with Crippen LogP contribution < -0.4 is 5.32 Å². The minimum Gasteiger partial charge on any atom is -0.441 e. The number of nitrogens with zero attached hydrogens (tertiary/aromatic N) is 2. The van der Waals surface area contributed by atoms with E-state index in [-0.39, 0.29) is 0 Å². The summed E-state index contributed by atoms with van der Waals surface area (Å²) in [7, 11) is 0. The number of aryl methyl sites for hydroxylation is 1. The lowest BCUT2D eigenvalue weighted by atomic mass is 10.2. The first-order chi connectivity index (χ1) is 9.20. The molecule has 2 aromatic heterocycles. The molecule has 4 nitrogen and oxygen atoms in total. The van der Waals surface area contributed by atoms with Crippen LogP contribution in [0.1, 0.15) is 11.6 Å². The molecule has 0 radical (unpaired) electrons. The summed E-state index contributed by atoms with van der Waals surface area (Å²) < 4.78 is 6.42. The summed E-state index contributed by atoms with van der Waals surface area (Å²) in [6, 6.07) is 9.84. The molecule has 0 unspecified atom stereocenters. The second kappa shape index (κ2) is 5.01. The van der Waals surface area contributed by atoms with E-state index in [2.05, 4.69) is 31.2 Å². The van der Waals surface area contributed by atoms with Gasteiger partial charge in [0.05, 0.1) is 12.2 Å². The van der Waals surface area contributed by atoms with Crippen molar-refractivity contribution in [3.8, 4) is 0 Å². The maximum absolute atomic E-state index is 5.44. The van der Waals surface area contributed by atoms with Crippen LogP contribution in [0.4, 0.5) is 5.69 Å². The summed E-state index contributed by atoms with van der Waals surface area (Å²) in [5, 5.41) is 3.32. The third-order valence-corrected chi connectivity index (χ3v) is 3.23. The Labute approximate surface area is 119 Å². The van der Waals surface area contributed by atoms with Crippen molar-refractivity contribution < 1.29 is 4.42 Å². The summed E-state index contributed by atoms with van der Waals surface area (Å²) in [6.07, 6.45) is 1.79. The Kier molecular flexibility index (Phi) is 3.21. The number of hydrogen-bond donors (Lipinski definition) is 1. The normalized spacial score (nSPS) is 10.8. The second-order valence-electron chi connectivity index (χ2n) is 4.24. The highest BCUT2D eigenvalue weighted by Crippen LogP contribution is 2.20. The van der Waals surface area contributed by atoms with Crippen molar-refractivity contribution in [1.82, 2.24) is 9.97 Å². The minimum atomic E-state index is 0.676. The molecule has 0 aliphatic carbocycles. The molecule has 1 N–H and O–H groups in total. The van der Waals surface area contributed by atoms with Crippen molar-refractivity contribution in [2.24, 2.45) is 0 Å². The molecule has 96 valence electrons. The molecular weight excluding hydrogens is 306 g/mol. The molecule has 0 spiro atoms. The van der Waals surface area contributed by atoms with Gasteiger partial charge in [-0.15, -0.1) is 0 Å². The Bertz CT molecular complexity index is 706. The zero-order valence-electron chi connectivity index (χ0n) is 10.4. The first-order valence-electron chi connectivity index (χ1n) is 5.92. The lowest BCUT2D eigenvalue weighted by Gasteiger charge is -2.05. The van der Waals surface area contributed by atoms with Crippen molar-refractivity contribution in [2.45, 2.75) is 13.5 Å². The van der Waals surface area contributed by atoms with Crippen LogP contribution in [0.15, 0.2) is 45.4 Å². The van der Waals surface area contributed by atoms with Gasteiger partial charge in [-0.25, -0.2) is 4.98 Å². The minimum absolute atomic E-state index is 0.676. The monoisotopic (exact) mass is 317 g/mol. The second-order valence-corrected chi connectivity index (χ2v) is 5.15. The van der Waals surface area contributed by atoms with Gasteiger partial charge in [-0.1, -0.05) is 0 Å². The molecule has 2 heterocycles. The van der Waals surface area contributed by atoms with Crippen LogP contribution in [0.25, 0.3) is 11.1 Å². The number of rotatable bonds is 3. The van der Waals surface area contributed by atoms with Crippen LogP contribution in [0.5, 0.6) is 0 Å². The lowest BCUT2D eigenvalue weighted by molar-refractivity contribution is 0.561. The number of halogens is 1. The van der Waals surface area contributed by atoms with Crippen LogP contribution in [0, 0.1) is 6.92 Å².